The van der Waals surface area contributed by atoms with Gasteiger partial charge in [0.2, 0.25) is 5.88 Å². The molecule has 3 atom stereocenters. The van der Waals surface area contributed by atoms with Crippen LogP contribution in [0.2, 0.25) is 0 Å². The average Bonchev–Trinajstić information content (AvgIpc) is 3.25. The van der Waals surface area contributed by atoms with Crippen molar-refractivity contribution in [2.24, 2.45) is 5.92 Å². The average molecular weight is 380 g/mol. The van der Waals surface area contributed by atoms with E-state index in [1.807, 2.05) is 17.9 Å². The molecule has 2 N–H and O–H groups in total. The Bertz CT molecular complexity index is 798. The van der Waals surface area contributed by atoms with Crippen LogP contribution in [-0.4, -0.2) is 48.1 Å². The highest BCUT2D eigenvalue weighted by Gasteiger charge is 2.38. The molecule has 2 aromatic rings. The number of hydrogen-bond acceptors (Lipinski definition) is 5. The Morgan fingerprint density at radius 2 is 2.11 bits per heavy atom. The van der Waals surface area contributed by atoms with Crippen molar-refractivity contribution in [2.45, 2.75) is 31.7 Å². The Kier molecular flexibility index (Phi) is 5.88. The molecule has 0 aliphatic carbocycles. The number of hydrogen-bond donors (Lipinski definition) is 2. The molecule has 1 aromatic carbocycles. The third-order valence-electron chi connectivity index (χ3n) is 5.79. The summed E-state index contributed by atoms with van der Waals surface area (Å²) in [7, 11) is 0. The van der Waals surface area contributed by atoms with E-state index in [2.05, 4.69) is 46.2 Å². The van der Waals surface area contributed by atoms with Gasteiger partial charge in [0.05, 0.1) is 6.61 Å². The Balaban J connectivity index is 1.49. The van der Waals surface area contributed by atoms with Crippen molar-refractivity contribution < 1.29 is 9.53 Å². The molecular formula is C22H28N4O2. The van der Waals surface area contributed by atoms with Crippen molar-refractivity contribution in [3.8, 4) is 5.88 Å². The number of rotatable bonds is 5. The second kappa shape index (κ2) is 8.71. The van der Waals surface area contributed by atoms with Crippen LogP contribution in [0.4, 0.5) is 0 Å². The number of hydrazine groups is 1. The number of carbonyl (C=O) groups excluding carboxylic acids is 1. The zero-order chi connectivity index (χ0) is 19.3. The first-order valence-electron chi connectivity index (χ1n) is 10.2. The van der Waals surface area contributed by atoms with Crippen LogP contribution in [0.25, 0.3) is 0 Å². The fourth-order valence-corrected chi connectivity index (χ4v) is 4.45. The molecule has 28 heavy (non-hydrogen) atoms. The van der Waals surface area contributed by atoms with Crippen LogP contribution in [0.15, 0.2) is 48.7 Å². The quantitative estimate of drug-likeness (QED) is 0.835. The van der Waals surface area contributed by atoms with Crippen LogP contribution < -0.4 is 15.6 Å². The lowest BCUT2D eigenvalue weighted by Crippen LogP contribution is -2.48. The highest BCUT2D eigenvalue weighted by molar-refractivity contribution is 5.96. The molecule has 0 saturated carbocycles. The number of carbonyl (C=O) groups is 1. The van der Waals surface area contributed by atoms with Crippen LogP contribution in [0.3, 0.4) is 0 Å². The number of amides is 1. The van der Waals surface area contributed by atoms with Gasteiger partial charge in [0.15, 0.2) is 0 Å². The molecule has 1 amide bonds. The molecule has 2 aliphatic heterocycles. The molecule has 6 heteroatoms. The largest absolute Gasteiger partial charge is 0.477 e. The molecule has 1 aromatic heterocycles. The maximum absolute atomic E-state index is 13.2. The minimum atomic E-state index is 0.0171. The number of piperidine rings is 1. The molecule has 3 unspecified atom stereocenters. The Hall–Kier alpha value is -2.44. The van der Waals surface area contributed by atoms with E-state index in [9.17, 15) is 4.79 Å². The summed E-state index contributed by atoms with van der Waals surface area (Å²) in [6, 6.07) is 14.6. The van der Waals surface area contributed by atoms with E-state index in [1.165, 1.54) is 5.56 Å². The Labute approximate surface area is 166 Å². The van der Waals surface area contributed by atoms with Crippen molar-refractivity contribution in [1.82, 2.24) is 20.7 Å². The summed E-state index contributed by atoms with van der Waals surface area (Å²) >= 11 is 0. The molecule has 6 nitrogen and oxygen atoms in total. The normalized spacial score (nSPS) is 24.9. The van der Waals surface area contributed by atoms with Gasteiger partial charge in [-0.1, -0.05) is 30.3 Å². The van der Waals surface area contributed by atoms with Gasteiger partial charge in [-0.25, -0.2) is 4.98 Å². The number of nitrogens with one attached hydrogen (secondary N) is 2. The highest BCUT2D eigenvalue weighted by atomic mass is 16.5. The fraction of sp³-hybridized carbons (Fsp3) is 0.455. The van der Waals surface area contributed by atoms with Crippen molar-refractivity contribution in [2.75, 3.05) is 26.2 Å². The number of benzene rings is 1. The smallest absolute Gasteiger partial charge is 0.259 e. The summed E-state index contributed by atoms with van der Waals surface area (Å²) in [5, 5.41) is 0. The number of aromatic nitrogens is 1. The Morgan fingerprint density at radius 3 is 2.93 bits per heavy atom. The third-order valence-corrected chi connectivity index (χ3v) is 5.79. The summed E-state index contributed by atoms with van der Waals surface area (Å²) in [5.41, 5.74) is 8.72. The molecular weight excluding hydrogens is 352 g/mol. The van der Waals surface area contributed by atoms with Crippen LogP contribution in [-0.2, 0) is 0 Å². The van der Waals surface area contributed by atoms with Gasteiger partial charge in [0.1, 0.15) is 5.56 Å². The summed E-state index contributed by atoms with van der Waals surface area (Å²) in [6.07, 6.45) is 3.80. The second-order valence-corrected chi connectivity index (χ2v) is 7.51. The summed E-state index contributed by atoms with van der Waals surface area (Å²) < 4.78 is 5.57. The van der Waals surface area contributed by atoms with Gasteiger partial charge >= 0.3 is 0 Å². The number of pyridine rings is 1. The summed E-state index contributed by atoms with van der Waals surface area (Å²) in [4.78, 5) is 19.4. The van der Waals surface area contributed by atoms with E-state index < -0.39 is 0 Å². The van der Waals surface area contributed by atoms with Gasteiger partial charge in [-0.05, 0) is 43.4 Å². The fourth-order valence-electron chi connectivity index (χ4n) is 4.45. The minimum absolute atomic E-state index is 0.0171. The predicted molar refractivity (Wildman–Crippen MR) is 108 cm³/mol. The lowest BCUT2D eigenvalue weighted by Gasteiger charge is -2.37. The first-order chi connectivity index (χ1) is 13.8. The third kappa shape index (κ3) is 3.88. The van der Waals surface area contributed by atoms with Crippen LogP contribution in [0, 0.1) is 5.92 Å². The second-order valence-electron chi connectivity index (χ2n) is 7.51. The molecule has 4 rings (SSSR count). The number of ether oxygens (including phenoxy) is 1. The number of nitrogens with zero attached hydrogens (tertiary/aromatic N) is 2. The van der Waals surface area contributed by atoms with Gasteiger partial charge in [-0.15, -0.1) is 0 Å². The first kappa shape index (κ1) is 18.9. The SMILES string of the molecule is CCOc1ncccc1C(=O)N1CCCC(C2NNCC2c2ccccc2)C1. The van der Waals surface area contributed by atoms with E-state index in [0.29, 0.717) is 35.9 Å². The van der Waals surface area contributed by atoms with E-state index >= 15 is 0 Å². The predicted octanol–water partition coefficient (Wildman–Crippen LogP) is 2.59. The zero-order valence-corrected chi connectivity index (χ0v) is 16.3. The van der Waals surface area contributed by atoms with E-state index in [0.717, 1.165) is 32.5 Å². The maximum atomic E-state index is 13.2. The Morgan fingerprint density at radius 1 is 1.25 bits per heavy atom. The van der Waals surface area contributed by atoms with Gasteiger partial charge in [-0.3, -0.25) is 15.6 Å². The van der Waals surface area contributed by atoms with Gasteiger partial charge in [0.25, 0.3) is 5.91 Å². The van der Waals surface area contributed by atoms with Crippen molar-refractivity contribution in [3.63, 3.8) is 0 Å². The zero-order valence-electron chi connectivity index (χ0n) is 16.3. The van der Waals surface area contributed by atoms with Gasteiger partial charge in [-0.2, -0.15) is 0 Å². The molecule has 0 spiro atoms. The molecule has 3 heterocycles. The highest BCUT2D eigenvalue weighted by Crippen LogP contribution is 2.32. The van der Waals surface area contributed by atoms with E-state index in [-0.39, 0.29) is 5.91 Å². The standard InChI is InChI=1S/C22H28N4O2/c1-2-28-21-18(11-6-12-23-21)22(27)26-13-7-10-17(15-26)20-19(14-24-25-20)16-8-4-3-5-9-16/h3-6,8-9,11-12,17,19-20,24-25H,2,7,10,13-15H2,1H3. The minimum Gasteiger partial charge on any atom is -0.477 e. The summed E-state index contributed by atoms with van der Waals surface area (Å²) in [5.74, 6) is 1.27. The number of likely N-dealkylation sites (tertiary alicyclic amines) is 1. The van der Waals surface area contributed by atoms with Crippen LogP contribution in [0.5, 0.6) is 5.88 Å². The van der Waals surface area contributed by atoms with Crippen LogP contribution in [0.1, 0.15) is 41.6 Å². The topological polar surface area (TPSA) is 66.5 Å². The van der Waals surface area contributed by atoms with Crippen molar-refractivity contribution in [3.05, 3.63) is 59.8 Å². The van der Waals surface area contributed by atoms with Gasteiger partial charge in [0, 0.05) is 37.8 Å². The van der Waals surface area contributed by atoms with Crippen LogP contribution >= 0.6 is 0 Å². The molecule has 0 radical (unpaired) electrons. The molecule has 2 saturated heterocycles. The van der Waals surface area contributed by atoms with E-state index in [4.69, 9.17) is 4.74 Å². The van der Waals surface area contributed by atoms with Crippen molar-refractivity contribution >= 4 is 5.91 Å². The van der Waals surface area contributed by atoms with Crippen molar-refractivity contribution in [1.29, 1.82) is 0 Å². The molecule has 148 valence electrons. The van der Waals surface area contributed by atoms with Gasteiger partial charge < -0.3 is 9.64 Å². The maximum Gasteiger partial charge on any atom is 0.259 e. The molecule has 2 aliphatic rings. The summed E-state index contributed by atoms with van der Waals surface area (Å²) in [6.45, 7) is 4.85. The lowest BCUT2D eigenvalue weighted by molar-refractivity contribution is 0.0639. The lowest BCUT2D eigenvalue weighted by atomic mass is 9.81. The van der Waals surface area contributed by atoms with E-state index in [1.54, 1.807) is 12.3 Å². The molecule has 0 bridgehead atoms. The first-order valence-corrected chi connectivity index (χ1v) is 10.2. The monoisotopic (exact) mass is 380 g/mol. The molecule has 2 fully saturated rings.